The van der Waals surface area contributed by atoms with Crippen molar-refractivity contribution in [3.63, 3.8) is 0 Å². The van der Waals surface area contributed by atoms with Gasteiger partial charge in [0.05, 0.1) is 0 Å². The molecule has 0 aromatic heterocycles. The van der Waals surface area contributed by atoms with Crippen LogP contribution in [0.2, 0.25) is 0 Å². The summed E-state index contributed by atoms with van der Waals surface area (Å²) in [5, 5.41) is 0. The van der Waals surface area contributed by atoms with Gasteiger partial charge in [-0.1, -0.05) is 0 Å². The number of hydrogen-bond donors (Lipinski definition) is 0. The van der Waals surface area contributed by atoms with E-state index in [1.54, 1.807) is 0 Å². The molecule has 0 heterocycles. The molecule has 0 atom stereocenters. The molecule has 0 unspecified atom stereocenters. The van der Waals surface area contributed by atoms with Crippen molar-refractivity contribution in [3.05, 3.63) is 0 Å². The van der Waals surface area contributed by atoms with Crippen LogP contribution in [0.15, 0.2) is 0 Å². The van der Waals surface area contributed by atoms with Gasteiger partial charge in [0.15, 0.2) is 17.4 Å². The molecule has 0 fully saturated rings. The number of hydrogen-bond acceptors (Lipinski definition) is 0. The van der Waals surface area contributed by atoms with Gasteiger partial charge in [-0.3, -0.25) is 0 Å². The molecule has 0 nitrogen and oxygen atoms in total. The van der Waals surface area contributed by atoms with E-state index in [1.807, 2.05) is 0 Å². The first kappa shape index (κ1) is 16.2. The van der Waals surface area contributed by atoms with Crippen molar-refractivity contribution in [2.45, 2.75) is 0 Å². The van der Waals surface area contributed by atoms with Crippen molar-refractivity contribution in [1.29, 1.82) is 0 Å². The Morgan fingerprint density at radius 2 is 1.25 bits per heavy atom. The van der Waals surface area contributed by atoms with Crippen molar-refractivity contribution >= 4 is 17.4 Å². The van der Waals surface area contributed by atoms with Crippen LogP contribution in [-0.4, -0.2) is 17.4 Å². The predicted molar refractivity (Wildman–Crippen MR) is 9.94 cm³/mol. The summed E-state index contributed by atoms with van der Waals surface area (Å²) in [7, 11) is 0. The van der Waals surface area contributed by atoms with Crippen molar-refractivity contribution in [2.75, 3.05) is 0 Å². The number of rotatable bonds is 0. The van der Waals surface area contributed by atoms with E-state index in [0.717, 1.165) is 0 Å². The molecular formula is H3AlAuFeMn. The van der Waals surface area contributed by atoms with Gasteiger partial charge in [0.1, 0.15) is 0 Å². The molecule has 4 heteroatoms. The quantitative estimate of drug-likeness (QED) is 0.488. The second kappa shape index (κ2) is 18.5. The summed E-state index contributed by atoms with van der Waals surface area (Å²) in [6.45, 7) is 0. The zero-order valence-corrected chi connectivity index (χ0v) is 5.48. The summed E-state index contributed by atoms with van der Waals surface area (Å²) in [4.78, 5) is 0. The summed E-state index contributed by atoms with van der Waals surface area (Å²) in [6, 6.07) is 0. The van der Waals surface area contributed by atoms with Gasteiger partial charge in [-0.05, 0) is 0 Å². The Hall–Kier alpha value is 2.31. The second-order valence-corrected chi connectivity index (χ2v) is 0. The van der Waals surface area contributed by atoms with Gasteiger partial charge in [-0.2, -0.15) is 0 Å². The Kier molecular flexibility index (Phi) is 75.0. The first-order valence-electron chi connectivity index (χ1n) is 0.114. The van der Waals surface area contributed by atoms with Crippen LogP contribution < -0.4 is 0 Å². The van der Waals surface area contributed by atoms with Crippen LogP contribution in [0.5, 0.6) is 0 Å². The van der Waals surface area contributed by atoms with E-state index in [1.165, 1.54) is 0 Å². The zero-order valence-electron chi connectivity index (χ0n) is 1.03. The molecule has 0 radical (unpaired) electrons. The Labute approximate surface area is 65.6 Å². The maximum atomic E-state index is 2.88. The van der Waals surface area contributed by atoms with E-state index in [2.05, 4.69) is 32.0 Å². The van der Waals surface area contributed by atoms with Crippen molar-refractivity contribution in [1.82, 2.24) is 0 Å². The Morgan fingerprint density at radius 3 is 1.25 bits per heavy atom. The molecule has 0 bridgehead atoms. The SMILES string of the molecule is [AlH3].[Fe].[Mn][Au]. The van der Waals surface area contributed by atoms with Crippen LogP contribution in [-0.2, 0) is 49.1 Å². The molecule has 0 aliphatic heterocycles. The normalized spacial score (nSPS) is 1.75. The molecule has 0 aromatic rings. The molecule has 0 amide bonds. The fraction of sp³-hybridized carbons (Fsp3) is 0. The van der Waals surface area contributed by atoms with Crippen molar-refractivity contribution in [3.8, 4) is 0 Å². The molecule has 0 N–H and O–H groups in total. The van der Waals surface area contributed by atoms with Gasteiger partial charge >= 0.3 is 32.0 Å². The minimum absolute atomic E-state index is 0. The first-order valence-corrected chi connectivity index (χ1v) is 3.85. The Bertz CT molecular complexity index is 8.00. The summed E-state index contributed by atoms with van der Waals surface area (Å²) >= 11 is 4.97. The van der Waals surface area contributed by atoms with E-state index in [9.17, 15) is 0 Å². The average Bonchev–Trinajstić information content (AvgIpc) is 1.00. The van der Waals surface area contributed by atoms with E-state index in [4.69, 9.17) is 0 Å². The van der Waals surface area contributed by atoms with Gasteiger partial charge in [-0.25, -0.2) is 0 Å². The average molecular weight is 338 g/mol. The summed E-state index contributed by atoms with van der Waals surface area (Å²) in [5.74, 6) is 0. The van der Waals surface area contributed by atoms with Gasteiger partial charge in [-0.15, -0.1) is 0 Å². The van der Waals surface area contributed by atoms with E-state index in [0.29, 0.717) is 0 Å². The van der Waals surface area contributed by atoms with Crippen LogP contribution in [0, 0.1) is 0 Å². The summed E-state index contributed by atoms with van der Waals surface area (Å²) in [5.41, 5.74) is 0. The topological polar surface area (TPSA) is 0 Å². The molecule has 0 saturated carbocycles. The minimum atomic E-state index is 0. The van der Waals surface area contributed by atoms with Gasteiger partial charge in [0.25, 0.3) is 0 Å². The summed E-state index contributed by atoms with van der Waals surface area (Å²) < 4.78 is 0. The van der Waals surface area contributed by atoms with Crippen molar-refractivity contribution < 1.29 is 49.1 Å². The molecular weight excluding hydrogens is 335 g/mol. The Morgan fingerprint density at radius 1 is 1.25 bits per heavy atom. The van der Waals surface area contributed by atoms with Crippen LogP contribution >= 0.6 is 0 Å². The molecule has 0 saturated heterocycles. The van der Waals surface area contributed by atoms with E-state index in [-0.39, 0.29) is 34.4 Å². The second-order valence-electron chi connectivity index (χ2n) is 0. The van der Waals surface area contributed by atoms with E-state index >= 15 is 0 Å². The maximum absolute atomic E-state index is 2.88. The molecule has 0 spiro atoms. The monoisotopic (exact) mass is 338 g/mol. The molecule has 0 aliphatic rings. The third kappa shape index (κ3) is 8.85. The van der Waals surface area contributed by atoms with Crippen LogP contribution in [0.4, 0.5) is 0 Å². The molecule has 32 valence electrons. The Balaban J connectivity index is -0.00000000500. The molecule has 4 heavy (non-hydrogen) atoms. The predicted octanol–water partition coefficient (Wildman–Crippen LogP) is -1.19. The van der Waals surface area contributed by atoms with Crippen molar-refractivity contribution in [2.24, 2.45) is 0 Å². The fourth-order valence-corrected chi connectivity index (χ4v) is 0. The first-order chi connectivity index (χ1) is 1.00. The third-order valence-corrected chi connectivity index (χ3v) is 0. The van der Waals surface area contributed by atoms with Gasteiger partial charge < -0.3 is 0 Å². The third-order valence-electron chi connectivity index (χ3n) is 0. The standard InChI is InChI=1S/Al.Au.Fe.Mn.3H. The fourth-order valence-electron chi connectivity index (χ4n) is 0. The molecule has 0 aliphatic carbocycles. The van der Waals surface area contributed by atoms with Crippen LogP contribution in [0.25, 0.3) is 0 Å². The van der Waals surface area contributed by atoms with Gasteiger partial charge in [0, 0.05) is 17.1 Å². The summed E-state index contributed by atoms with van der Waals surface area (Å²) in [6.07, 6.45) is 0. The van der Waals surface area contributed by atoms with Crippen LogP contribution in [0.3, 0.4) is 0 Å². The van der Waals surface area contributed by atoms with Crippen LogP contribution in [0.1, 0.15) is 0 Å². The zero-order chi connectivity index (χ0) is 2.00. The van der Waals surface area contributed by atoms with Gasteiger partial charge in [0.2, 0.25) is 0 Å². The molecule has 0 rings (SSSR count). The van der Waals surface area contributed by atoms with E-state index < -0.39 is 0 Å². The molecule has 0 aromatic carbocycles.